The van der Waals surface area contributed by atoms with Crippen molar-refractivity contribution < 1.29 is 28.3 Å². The van der Waals surface area contributed by atoms with Crippen LogP contribution in [-0.4, -0.2) is 56.3 Å². The lowest BCUT2D eigenvalue weighted by molar-refractivity contribution is -0.191. The summed E-state index contributed by atoms with van der Waals surface area (Å²) in [5.41, 5.74) is -0.942. The van der Waals surface area contributed by atoms with E-state index >= 15 is 4.79 Å². The largest absolute Gasteiger partial charge is 0.466 e. The molecule has 3 aromatic rings. The van der Waals surface area contributed by atoms with Crippen molar-refractivity contribution in [2.75, 3.05) is 13.7 Å². The average molecular weight is 749 g/mol. The lowest BCUT2D eigenvalue weighted by atomic mass is 9.57. The second-order valence-corrected chi connectivity index (χ2v) is 26.3. The van der Waals surface area contributed by atoms with Crippen LogP contribution in [0.15, 0.2) is 102 Å². The lowest BCUT2D eigenvalue weighted by Crippen LogP contribution is -2.77. The summed E-state index contributed by atoms with van der Waals surface area (Å²) in [4.78, 5) is 43.1. The highest BCUT2D eigenvalue weighted by molar-refractivity contribution is 8.69. The molecule has 51 heavy (non-hydrogen) atoms. The number of allylic oxidation sites excluding steroid dienone is 1. The van der Waals surface area contributed by atoms with Crippen LogP contribution in [0.5, 0.6) is 0 Å². The van der Waals surface area contributed by atoms with Gasteiger partial charge in [0.1, 0.15) is 32.4 Å². The van der Waals surface area contributed by atoms with Gasteiger partial charge >= 0.3 is 11.9 Å². The van der Waals surface area contributed by atoms with E-state index in [0.717, 1.165) is 15.9 Å². The zero-order chi connectivity index (χ0) is 38.0. The van der Waals surface area contributed by atoms with Crippen LogP contribution < -0.4 is 15.9 Å². The Balaban J connectivity index is 2.08. The number of methoxy groups -OCH3 is 1. The highest BCUT2D eigenvalue weighted by Gasteiger charge is 2.74. The molecule has 1 fully saturated rings. The fourth-order valence-corrected chi connectivity index (χ4v) is 16.5. The van der Waals surface area contributed by atoms with Gasteiger partial charge < -0.3 is 13.9 Å². The predicted octanol–water partition coefficient (Wildman–Crippen LogP) is 8.25. The fourth-order valence-electron chi connectivity index (χ4n) is 6.77. The van der Waals surface area contributed by atoms with Crippen molar-refractivity contribution in [1.82, 2.24) is 4.90 Å². The Labute approximate surface area is 310 Å². The van der Waals surface area contributed by atoms with Crippen molar-refractivity contribution >= 4 is 59.9 Å². The SMILES string of the molecule is COC(=O)COC(=O)C(=C(C)C)N1C(=O)[C@@]([C@@H](C)O[Si](C)(C)C(C)(C)C)(C(C)(C)C)[C@H]1S[P+](c1ccccc1)(c1ccccc1)c1ccccc1. The molecule has 3 atom stereocenters. The molecule has 0 unspecified atom stereocenters. The quantitative estimate of drug-likeness (QED) is 0.0607. The maximum Gasteiger partial charge on any atom is 0.355 e. The molecule has 0 radical (unpaired) electrons. The number of esters is 2. The van der Waals surface area contributed by atoms with E-state index in [2.05, 4.69) is 127 Å². The van der Waals surface area contributed by atoms with E-state index in [-0.39, 0.29) is 16.6 Å². The molecule has 1 heterocycles. The van der Waals surface area contributed by atoms with Gasteiger partial charge in [-0.15, -0.1) is 0 Å². The molecule has 1 saturated heterocycles. The number of β-lactam (4-membered cyclic amide) rings is 1. The number of ether oxygens (including phenoxy) is 2. The number of hydrogen-bond donors (Lipinski definition) is 0. The molecule has 1 aliphatic rings. The van der Waals surface area contributed by atoms with Gasteiger partial charge in [0.05, 0.1) is 24.6 Å². The Morgan fingerprint density at radius 3 is 1.63 bits per heavy atom. The summed E-state index contributed by atoms with van der Waals surface area (Å²) in [6, 6.07) is 31.5. The summed E-state index contributed by atoms with van der Waals surface area (Å²) in [7, 11) is -1.16. The first-order valence-electron chi connectivity index (χ1n) is 17.4. The van der Waals surface area contributed by atoms with E-state index in [0.29, 0.717) is 5.57 Å². The standard InChI is InChI=1S/C41H55NO6PSSi/c1-29(2)35(36(44)47-28-34(43)46-10)42-37(45)41(39(4,5)6,30(3)48-51(11,12)40(7,8)9)38(42)50-49(31-22-16-13-17-23-31,32-24-18-14-19-25-32)33-26-20-15-21-27-33/h13-27,30,38H,28H2,1-12H3/q+1/t30-,38-,41-/m1/s1. The van der Waals surface area contributed by atoms with E-state index in [1.165, 1.54) is 7.11 Å². The molecule has 7 nitrogen and oxygen atoms in total. The van der Waals surface area contributed by atoms with Gasteiger partial charge in [0, 0.05) is 0 Å². The van der Waals surface area contributed by atoms with Crippen molar-refractivity contribution in [3.05, 3.63) is 102 Å². The molecule has 0 N–H and O–H groups in total. The zero-order valence-corrected chi connectivity index (χ0v) is 35.0. The number of likely N-dealkylation sites (tertiary alicyclic amines) is 1. The number of carbonyl (C=O) groups is 3. The Morgan fingerprint density at radius 1 is 0.843 bits per heavy atom. The van der Waals surface area contributed by atoms with E-state index in [1.807, 2.05) is 25.1 Å². The van der Waals surface area contributed by atoms with Crippen LogP contribution in [0, 0.1) is 10.8 Å². The summed E-state index contributed by atoms with van der Waals surface area (Å²) < 4.78 is 17.5. The molecule has 10 heteroatoms. The van der Waals surface area contributed by atoms with E-state index in [4.69, 9.17) is 13.9 Å². The summed E-state index contributed by atoms with van der Waals surface area (Å²) in [6.45, 7) is 19.8. The van der Waals surface area contributed by atoms with Crippen LogP contribution in [0.4, 0.5) is 0 Å². The number of amides is 1. The molecule has 0 spiro atoms. The van der Waals surface area contributed by atoms with Crippen LogP contribution in [0.1, 0.15) is 62.3 Å². The van der Waals surface area contributed by atoms with Gasteiger partial charge in [-0.3, -0.25) is 9.69 Å². The topological polar surface area (TPSA) is 82.1 Å². The smallest absolute Gasteiger partial charge is 0.355 e. The fraction of sp³-hybridized carbons (Fsp3) is 0.439. The number of hydrogen-bond acceptors (Lipinski definition) is 7. The lowest BCUT2D eigenvalue weighted by Gasteiger charge is -2.63. The van der Waals surface area contributed by atoms with E-state index in [9.17, 15) is 9.59 Å². The van der Waals surface area contributed by atoms with E-state index < -0.39 is 55.6 Å². The van der Waals surface area contributed by atoms with Gasteiger partial charge in [0.2, 0.25) is 5.91 Å². The highest BCUT2D eigenvalue weighted by atomic mass is 32.7. The van der Waals surface area contributed by atoms with Crippen LogP contribution in [0.3, 0.4) is 0 Å². The van der Waals surface area contributed by atoms with Crippen molar-refractivity contribution in [2.24, 2.45) is 10.8 Å². The summed E-state index contributed by atoms with van der Waals surface area (Å²) >= 11 is 1.76. The monoisotopic (exact) mass is 748 g/mol. The van der Waals surface area contributed by atoms with Gasteiger partial charge in [0.15, 0.2) is 21.4 Å². The van der Waals surface area contributed by atoms with Crippen LogP contribution >= 0.6 is 17.8 Å². The molecular weight excluding hydrogens is 694 g/mol. The molecule has 0 saturated carbocycles. The number of rotatable bonds is 12. The third-order valence-corrected chi connectivity index (χ3v) is 22.6. The van der Waals surface area contributed by atoms with Crippen molar-refractivity contribution in [2.45, 2.75) is 91.9 Å². The zero-order valence-electron chi connectivity index (χ0n) is 32.3. The van der Waals surface area contributed by atoms with Crippen molar-refractivity contribution in [3.63, 3.8) is 0 Å². The number of nitrogens with zero attached hydrogens (tertiary/aromatic N) is 1. The number of carbonyl (C=O) groups excluding carboxylic acids is 3. The molecule has 1 amide bonds. The maximum atomic E-state index is 15.4. The summed E-state index contributed by atoms with van der Waals surface area (Å²) in [5.74, 6) is -1.62. The first-order valence-corrected chi connectivity index (χ1v) is 23.6. The van der Waals surface area contributed by atoms with Crippen LogP contribution in [0.2, 0.25) is 18.1 Å². The minimum Gasteiger partial charge on any atom is -0.466 e. The molecule has 4 rings (SSSR count). The minimum absolute atomic E-state index is 0.104. The van der Waals surface area contributed by atoms with Crippen molar-refractivity contribution in [1.29, 1.82) is 0 Å². The predicted molar refractivity (Wildman–Crippen MR) is 214 cm³/mol. The molecule has 274 valence electrons. The molecular formula is C41H55NO6PSSi+. The molecule has 0 aromatic heterocycles. The normalized spacial score (nSPS) is 18.8. The van der Waals surface area contributed by atoms with Gasteiger partial charge in [-0.2, -0.15) is 0 Å². The third-order valence-electron chi connectivity index (χ3n) is 10.4. The second kappa shape index (κ2) is 15.4. The van der Waals surface area contributed by atoms with Crippen LogP contribution in [-0.2, 0) is 28.3 Å². The van der Waals surface area contributed by atoms with E-state index in [1.54, 1.807) is 30.1 Å². The Morgan fingerprint density at radius 2 is 1.27 bits per heavy atom. The second-order valence-electron chi connectivity index (χ2n) is 15.9. The first kappa shape index (κ1) is 40.5. The summed E-state index contributed by atoms with van der Waals surface area (Å²) in [6.07, 6.45) is -0.506. The van der Waals surface area contributed by atoms with Crippen LogP contribution in [0.25, 0.3) is 0 Å². The first-order chi connectivity index (χ1) is 23.8. The highest BCUT2D eigenvalue weighted by Crippen LogP contribution is 2.75. The van der Waals surface area contributed by atoms with Crippen molar-refractivity contribution in [3.8, 4) is 0 Å². The Hall–Kier alpha value is -3.23. The molecule has 0 aliphatic carbocycles. The Bertz CT molecular complexity index is 1640. The van der Waals surface area contributed by atoms with Gasteiger partial charge in [-0.1, -0.05) is 96.1 Å². The molecule has 0 bridgehead atoms. The average Bonchev–Trinajstić information content (AvgIpc) is 3.07. The minimum atomic E-state index is -2.62. The molecule has 3 aromatic carbocycles. The Kier molecular flexibility index (Phi) is 12.2. The van der Waals surface area contributed by atoms with Gasteiger partial charge in [0.25, 0.3) is 0 Å². The molecule has 1 aliphatic heterocycles. The summed E-state index contributed by atoms with van der Waals surface area (Å²) in [5, 5.41) is 2.74. The van der Waals surface area contributed by atoms with Gasteiger partial charge in [-0.05, 0) is 86.3 Å². The third kappa shape index (κ3) is 7.50. The van der Waals surface area contributed by atoms with Gasteiger partial charge in [-0.25, -0.2) is 9.59 Å². The number of benzene rings is 3. The maximum absolute atomic E-state index is 15.4.